The fourth-order valence-corrected chi connectivity index (χ4v) is 1.90. The molecule has 1 aromatic heterocycles. The highest BCUT2D eigenvalue weighted by Crippen LogP contribution is 2.24. The normalized spacial score (nSPS) is 11.7. The lowest BCUT2D eigenvalue weighted by Gasteiger charge is -1.93. The first kappa shape index (κ1) is 8.74. The average molecular weight is 234 g/mol. The molecule has 0 N–H and O–H groups in total. The van der Waals surface area contributed by atoms with Crippen LogP contribution in [0.4, 0.5) is 0 Å². The maximum atomic E-state index is 4.87. The quantitative estimate of drug-likeness (QED) is 0.734. The molecule has 1 aromatic rings. The maximum absolute atomic E-state index is 4.87. The van der Waals surface area contributed by atoms with Gasteiger partial charge in [0.15, 0.2) is 3.92 Å². The summed E-state index contributed by atoms with van der Waals surface area (Å²) in [5, 5.41) is 0. The first-order valence-electron chi connectivity index (χ1n) is 3.05. The van der Waals surface area contributed by atoms with Gasteiger partial charge < -0.3 is 4.74 Å². The molecule has 0 fully saturated rings. The van der Waals surface area contributed by atoms with Crippen molar-refractivity contribution in [3.8, 4) is 0 Å². The smallest absolute Gasteiger partial charge is 0.159 e. The molecule has 0 spiro atoms. The molecule has 0 unspecified atom stereocenters. The van der Waals surface area contributed by atoms with Gasteiger partial charge in [-0.1, -0.05) is 0 Å². The van der Waals surface area contributed by atoms with E-state index in [9.17, 15) is 0 Å². The van der Waals surface area contributed by atoms with E-state index in [1.807, 2.05) is 13.1 Å². The van der Waals surface area contributed by atoms with Gasteiger partial charge in [0.2, 0.25) is 0 Å². The van der Waals surface area contributed by atoms with Gasteiger partial charge in [-0.15, -0.1) is 11.3 Å². The molecule has 4 heteroatoms. The molecular weight excluding hydrogens is 226 g/mol. The van der Waals surface area contributed by atoms with E-state index in [0.717, 1.165) is 14.4 Å². The molecule has 11 heavy (non-hydrogen) atoms. The Balaban J connectivity index is 2.84. The summed E-state index contributed by atoms with van der Waals surface area (Å²) in [6.07, 6.45) is 3.53. The number of thiazole rings is 1. The Hall–Kier alpha value is -0.350. The molecular formula is C7H8BrNOS. The van der Waals surface area contributed by atoms with E-state index in [4.69, 9.17) is 4.74 Å². The lowest BCUT2D eigenvalue weighted by atomic mass is 10.3. The van der Waals surface area contributed by atoms with Crippen LogP contribution in [0, 0.1) is 0 Å². The second-order valence-corrected chi connectivity index (χ2v) is 4.32. The molecule has 1 heterocycles. The second kappa shape index (κ2) is 3.88. The van der Waals surface area contributed by atoms with Crippen LogP contribution in [-0.4, -0.2) is 12.1 Å². The van der Waals surface area contributed by atoms with Gasteiger partial charge in [0.25, 0.3) is 0 Å². The van der Waals surface area contributed by atoms with Crippen molar-refractivity contribution in [2.45, 2.75) is 6.92 Å². The van der Waals surface area contributed by atoms with Gasteiger partial charge in [-0.05, 0) is 22.9 Å². The molecule has 0 aliphatic heterocycles. The molecule has 60 valence electrons. The number of nitrogens with zero attached hydrogens (tertiary/aromatic N) is 1. The van der Waals surface area contributed by atoms with Crippen LogP contribution in [0.5, 0.6) is 0 Å². The summed E-state index contributed by atoms with van der Waals surface area (Å²) in [7, 11) is 1.64. The Morgan fingerprint density at radius 3 is 3.00 bits per heavy atom. The SMILES string of the molecule is CO/C=C(\C)c1cnc(Br)s1. The third-order valence-corrected chi connectivity index (χ3v) is 2.77. The number of rotatable bonds is 2. The molecule has 0 bridgehead atoms. The lowest BCUT2D eigenvalue weighted by Crippen LogP contribution is -1.73. The Morgan fingerprint density at radius 1 is 1.82 bits per heavy atom. The molecule has 0 amide bonds. The summed E-state index contributed by atoms with van der Waals surface area (Å²) >= 11 is 4.88. The molecule has 0 saturated carbocycles. The van der Waals surface area contributed by atoms with Gasteiger partial charge in [-0.2, -0.15) is 0 Å². The molecule has 1 rings (SSSR count). The van der Waals surface area contributed by atoms with Gasteiger partial charge >= 0.3 is 0 Å². The molecule has 0 aliphatic carbocycles. The Labute approximate surface area is 78.0 Å². The molecule has 0 radical (unpaired) electrons. The van der Waals surface area contributed by atoms with Crippen molar-refractivity contribution in [1.82, 2.24) is 4.98 Å². The fourth-order valence-electron chi connectivity index (χ4n) is 0.670. The van der Waals surface area contributed by atoms with Crippen LogP contribution < -0.4 is 0 Å². The number of halogens is 1. The standard InChI is InChI=1S/C7H8BrNOS/c1-5(4-10-2)6-3-9-7(8)11-6/h3-4H,1-2H3/b5-4+. The van der Waals surface area contributed by atoms with Crippen molar-refractivity contribution < 1.29 is 4.74 Å². The van der Waals surface area contributed by atoms with Crippen LogP contribution in [0.1, 0.15) is 11.8 Å². The Kier molecular flexibility index (Phi) is 3.08. The molecule has 0 aromatic carbocycles. The minimum atomic E-state index is 0.899. The number of ether oxygens (including phenoxy) is 1. The number of allylic oxidation sites excluding steroid dienone is 1. The van der Waals surface area contributed by atoms with E-state index >= 15 is 0 Å². The highest BCUT2D eigenvalue weighted by molar-refractivity contribution is 9.11. The first-order chi connectivity index (χ1) is 5.24. The van der Waals surface area contributed by atoms with Crippen LogP contribution >= 0.6 is 27.3 Å². The third kappa shape index (κ3) is 2.31. The van der Waals surface area contributed by atoms with Crippen LogP contribution in [0.2, 0.25) is 0 Å². The Bertz CT molecular complexity index is 269. The van der Waals surface area contributed by atoms with Crippen LogP contribution in [0.25, 0.3) is 5.57 Å². The van der Waals surface area contributed by atoms with E-state index in [1.165, 1.54) is 0 Å². The summed E-state index contributed by atoms with van der Waals surface area (Å²) in [5.74, 6) is 0. The molecule has 0 atom stereocenters. The van der Waals surface area contributed by atoms with Crippen molar-refractivity contribution in [3.63, 3.8) is 0 Å². The van der Waals surface area contributed by atoms with Gasteiger partial charge in [0.05, 0.1) is 18.2 Å². The predicted octanol–water partition coefficient (Wildman–Crippen LogP) is 2.91. The number of methoxy groups -OCH3 is 1. The zero-order valence-corrected chi connectivity index (χ0v) is 8.70. The fraction of sp³-hybridized carbons (Fsp3) is 0.286. The van der Waals surface area contributed by atoms with E-state index in [-0.39, 0.29) is 0 Å². The predicted molar refractivity (Wildman–Crippen MR) is 50.5 cm³/mol. The monoisotopic (exact) mass is 233 g/mol. The highest BCUT2D eigenvalue weighted by atomic mass is 79.9. The van der Waals surface area contributed by atoms with Crippen molar-refractivity contribution in [2.75, 3.05) is 7.11 Å². The van der Waals surface area contributed by atoms with Crippen LogP contribution in [0.15, 0.2) is 16.4 Å². The van der Waals surface area contributed by atoms with E-state index in [0.29, 0.717) is 0 Å². The zero-order valence-electron chi connectivity index (χ0n) is 6.30. The molecule has 0 saturated heterocycles. The van der Waals surface area contributed by atoms with E-state index < -0.39 is 0 Å². The largest absolute Gasteiger partial charge is 0.504 e. The van der Waals surface area contributed by atoms with E-state index in [2.05, 4.69) is 20.9 Å². The van der Waals surface area contributed by atoms with Crippen LogP contribution in [-0.2, 0) is 4.74 Å². The Morgan fingerprint density at radius 2 is 2.55 bits per heavy atom. The van der Waals surface area contributed by atoms with Gasteiger partial charge in [-0.25, -0.2) is 4.98 Å². The number of hydrogen-bond donors (Lipinski definition) is 0. The summed E-state index contributed by atoms with van der Waals surface area (Å²) < 4.78 is 5.77. The van der Waals surface area contributed by atoms with E-state index in [1.54, 1.807) is 24.7 Å². The van der Waals surface area contributed by atoms with Crippen LogP contribution in [0.3, 0.4) is 0 Å². The minimum Gasteiger partial charge on any atom is -0.504 e. The van der Waals surface area contributed by atoms with Crippen molar-refractivity contribution in [2.24, 2.45) is 0 Å². The summed E-state index contributed by atoms with van der Waals surface area (Å²) in [6.45, 7) is 1.99. The molecule has 2 nitrogen and oxygen atoms in total. The maximum Gasteiger partial charge on any atom is 0.159 e. The van der Waals surface area contributed by atoms with Crippen molar-refractivity contribution in [1.29, 1.82) is 0 Å². The topological polar surface area (TPSA) is 22.1 Å². The minimum absolute atomic E-state index is 0.899. The average Bonchev–Trinajstić information content (AvgIpc) is 2.36. The lowest BCUT2D eigenvalue weighted by molar-refractivity contribution is 0.339. The van der Waals surface area contributed by atoms with Gasteiger partial charge in [-0.3, -0.25) is 0 Å². The van der Waals surface area contributed by atoms with Crippen molar-refractivity contribution >= 4 is 32.8 Å². The van der Waals surface area contributed by atoms with Gasteiger partial charge in [0.1, 0.15) is 0 Å². The number of aromatic nitrogens is 1. The third-order valence-electron chi connectivity index (χ3n) is 1.16. The summed E-state index contributed by atoms with van der Waals surface area (Å²) in [5.41, 5.74) is 1.09. The highest BCUT2D eigenvalue weighted by Gasteiger charge is 2.00. The second-order valence-electron chi connectivity index (χ2n) is 2.01. The number of hydrogen-bond acceptors (Lipinski definition) is 3. The zero-order chi connectivity index (χ0) is 8.27. The van der Waals surface area contributed by atoms with Crippen molar-refractivity contribution in [3.05, 3.63) is 21.3 Å². The summed E-state index contributed by atoms with van der Waals surface area (Å²) in [4.78, 5) is 5.18. The first-order valence-corrected chi connectivity index (χ1v) is 4.66. The molecule has 0 aliphatic rings. The van der Waals surface area contributed by atoms with Gasteiger partial charge in [0, 0.05) is 11.8 Å². The summed E-state index contributed by atoms with van der Waals surface area (Å²) in [6, 6.07) is 0.